The average Bonchev–Trinajstić information content (AvgIpc) is 3.71. The highest BCUT2D eigenvalue weighted by molar-refractivity contribution is 7.92. The van der Waals surface area contributed by atoms with Gasteiger partial charge in [0.1, 0.15) is 5.52 Å². The Morgan fingerprint density at radius 3 is 2.29 bits per heavy atom. The van der Waals surface area contributed by atoms with Crippen LogP contribution in [0.15, 0.2) is 36.7 Å². The number of nitrogens with two attached hydrogens (primary N) is 1. The SMILES string of the molecule is NC(=O)c1ccc(NS(=O)(=O)CCO)c(-c2cc(N3CCC(F)(F)CC3)c3nccnc3c2)c1N1CCC2(CC1)CC2. The van der Waals surface area contributed by atoms with E-state index in [-0.39, 0.29) is 37.2 Å². The van der Waals surface area contributed by atoms with Gasteiger partial charge in [-0.15, -0.1) is 0 Å². The Kier molecular flexibility index (Phi) is 7.20. The maximum Gasteiger partial charge on any atom is 0.251 e. The molecule has 42 heavy (non-hydrogen) atoms. The van der Waals surface area contributed by atoms with E-state index in [0.29, 0.717) is 52.0 Å². The number of carbonyl (C=O) groups excluding carboxylic acids is 1. The number of aromatic nitrogens is 2. The maximum absolute atomic E-state index is 14.1. The summed E-state index contributed by atoms with van der Waals surface area (Å²) in [6, 6.07) is 6.60. The van der Waals surface area contributed by atoms with Crippen molar-refractivity contribution < 1.29 is 27.1 Å². The Labute approximate surface area is 243 Å². The first-order valence-corrected chi connectivity index (χ1v) is 15.9. The third kappa shape index (κ3) is 5.59. The van der Waals surface area contributed by atoms with Gasteiger partial charge in [0.2, 0.25) is 10.0 Å². The van der Waals surface area contributed by atoms with Crippen LogP contribution in [0.25, 0.3) is 22.2 Å². The van der Waals surface area contributed by atoms with Crippen LogP contribution >= 0.6 is 0 Å². The molecule has 3 heterocycles. The van der Waals surface area contributed by atoms with Crippen molar-refractivity contribution in [2.24, 2.45) is 11.1 Å². The summed E-state index contributed by atoms with van der Waals surface area (Å²) in [6.45, 7) is 0.991. The van der Waals surface area contributed by atoms with Gasteiger partial charge in [-0.25, -0.2) is 17.2 Å². The minimum Gasteiger partial charge on any atom is -0.395 e. The molecule has 0 atom stereocenters. The van der Waals surface area contributed by atoms with Gasteiger partial charge in [-0.3, -0.25) is 19.5 Å². The number of sulfonamides is 1. The van der Waals surface area contributed by atoms with Crippen LogP contribution in [0.1, 0.15) is 48.9 Å². The second-order valence-electron chi connectivity index (χ2n) is 11.6. The Bertz CT molecular complexity index is 1630. The molecule has 3 fully saturated rings. The zero-order valence-electron chi connectivity index (χ0n) is 23.2. The summed E-state index contributed by atoms with van der Waals surface area (Å²) in [6.07, 6.45) is 6.72. The Balaban J connectivity index is 1.56. The van der Waals surface area contributed by atoms with Gasteiger partial charge >= 0.3 is 0 Å². The number of benzene rings is 2. The molecule has 0 bridgehead atoms. The summed E-state index contributed by atoms with van der Waals surface area (Å²) >= 11 is 0. The van der Waals surface area contributed by atoms with Crippen molar-refractivity contribution in [3.8, 4) is 11.1 Å². The molecule has 3 aromatic rings. The number of anilines is 3. The zero-order valence-corrected chi connectivity index (χ0v) is 24.0. The van der Waals surface area contributed by atoms with Crippen molar-refractivity contribution in [2.45, 2.75) is 44.4 Å². The van der Waals surface area contributed by atoms with Crippen LogP contribution in [0.2, 0.25) is 0 Å². The smallest absolute Gasteiger partial charge is 0.251 e. The van der Waals surface area contributed by atoms with Gasteiger partial charge in [0, 0.05) is 57.0 Å². The standard InChI is InChI=1S/C29H34F2N6O4S/c30-29(31)7-13-36(14-8-29)23-18-19(17-22-25(23)34-10-9-33-22)24-21(35-42(40,41)16-15-38)2-1-20(27(32)39)26(24)37-11-5-28(3-4-28)6-12-37/h1-2,9-10,17-18,35,38H,3-8,11-16H2,(H2,32,39). The lowest BCUT2D eigenvalue weighted by atomic mass is 9.90. The topological polar surface area (TPSA) is 142 Å². The molecule has 1 amide bonds. The lowest BCUT2D eigenvalue weighted by Gasteiger charge is -2.37. The van der Waals surface area contributed by atoms with E-state index in [2.05, 4.69) is 19.6 Å². The van der Waals surface area contributed by atoms with Gasteiger partial charge < -0.3 is 20.6 Å². The van der Waals surface area contributed by atoms with Gasteiger partial charge in [0.25, 0.3) is 11.8 Å². The summed E-state index contributed by atoms with van der Waals surface area (Å²) in [7, 11) is -3.95. The highest BCUT2D eigenvalue weighted by Gasteiger charge is 2.45. The molecule has 1 aliphatic carbocycles. The number of carbonyl (C=O) groups is 1. The average molecular weight is 601 g/mol. The first-order chi connectivity index (χ1) is 20.0. The molecule has 13 heteroatoms. The van der Waals surface area contributed by atoms with Crippen molar-refractivity contribution in [3.63, 3.8) is 0 Å². The molecule has 6 rings (SSSR count). The third-order valence-corrected chi connectivity index (χ3v) is 10.1. The molecular weight excluding hydrogens is 566 g/mol. The van der Waals surface area contributed by atoms with E-state index in [0.717, 1.165) is 12.8 Å². The molecule has 1 aromatic heterocycles. The summed E-state index contributed by atoms with van der Waals surface area (Å²) in [4.78, 5) is 25.7. The lowest BCUT2D eigenvalue weighted by Crippen LogP contribution is -2.39. The fraction of sp³-hybridized carbons (Fsp3) is 0.483. The Morgan fingerprint density at radius 2 is 1.64 bits per heavy atom. The molecule has 2 saturated heterocycles. The molecule has 224 valence electrons. The largest absolute Gasteiger partial charge is 0.395 e. The van der Waals surface area contributed by atoms with E-state index in [1.165, 1.54) is 31.2 Å². The molecule has 4 N–H and O–H groups in total. The van der Waals surface area contributed by atoms with Gasteiger partial charge in [0.15, 0.2) is 0 Å². The van der Waals surface area contributed by atoms with Crippen LogP contribution in [0, 0.1) is 5.41 Å². The number of piperidine rings is 2. The number of alkyl halides is 2. The van der Waals surface area contributed by atoms with Crippen LogP contribution in [-0.2, 0) is 10.0 Å². The maximum atomic E-state index is 14.1. The number of nitrogens with one attached hydrogen (secondary N) is 1. The van der Waals surface area contributed by atoms with Crippen LogP contribution in [0.4, 0.5) is 25.8 Å². The predicted octanol–water partition coefficient (Wildman–Crippen LogP) is 3.75. The summed E-state index contributed by atoms with van der Waals surface area (Å²) in [5.41, 5.74) is 9.82. The number of nitrogens with zero attached hydrogens (tertiary/aromatic N) is 4. The molecule has 1 saturated carbocycles. The van der Waals surface area contributed by atoms with Gasteiger partial charge in [0.05, 0.1) is 40.5 Å². The van der Waals surface area contributed by atoms with Crippen molar-refractivity contribution in [1.29, 1.82) is 0 Å². The summed E-state index contributed by atoms with van der Waals surface area (Å²) < 4.78 is 56.5. The number of halogens is 2. The molecule has 1 spiro atoms. The molecule has 0 unspecified atom stereocenters. The predicted molar refractivity (Wildman–Crippen MR) is 157 cm³/mol. The number of hydrogen-bond acceptors (Lipinski definition) is 8. The fourth-order valence-electron chi connectivity index (χ4n) is 6.23. The zero-order chi connectivity index (χ0) is 29.7. The Morgan fingerprint density at radius 1 is 0.976 bits per heavy atom. The molecule has 3 aliphatic rings. The summed E-state index contributed by atoms with van der Waals surface area (Å²) in [5.74, 6) is -3.91. The van der Waals surface area contributed by atoms with E-state index in [9.17, 15) is 27.1 Å². The van der Waals surface area contributed by atoms with Gasteiger partial charge in [-0.2, -0.15) is 0 Å². The number of fused-ring (bicyclic) bond motifs is 1. The van der Waals surface area contributed by atoms with Crippen molar-refractivity contribution in [3.05, 3.63) is 42.2 Å². The Hall–Kier alpha value is -3.58. The van der Waals surface area contributed by atoms with E-state index in [1.807, 2.05) is 4.90 Å². The van der Waals surface area contributed by atoms with Crippen molar-refractivity contribution in [1.82, 2.24) is 9.97 Å². The molecule has 10 nitrogen and oxygen atoms in total. The number of aliphatic hydroxyl groups is 1. The number of aliphatic hydroxyl groups excluding tert-OH is 1. The number of primary amides is 1. The van der Waals surface area contributed by atoms with E-state index >= 15 is 0 Å². The van der Waals surface area contributed by atoms with Crippen molar-refractivity contribution in [2.75, 3.05) is 53.1 Å². The van der Waals surface area contributed by atoms with E-state index in [1.54, 1.807) is 18.3 Å². The highest BCUT2D eigenvalue weighted by Crippen LogP contribution is 2.55. The van der Waals surface area contributed by atoms with E-state index < -0.39 is 34.2 Å². The molecule has 2 aliphatic heterocycles. The first-order valence-electron chi connectivity index (χ1n) is 14.2. The first kappa shape index (κ1) is 28.5. The number of hydrogen-bond donors (Lipinski definition) is 3. The number of amides is 1. The molecule has 0 radical (unpaired) electrons. The molecular formula is C29H34F2N6O4S. The molecule has 2 aromatic carbocycles. The second-order valence-corrected chi connectivity index (χ2v) is 13.5. The van der Waals surface area contributed by atoms with E-state index in [4.69, 9.17) is 5.73 Å². The van der Waals surface area contributed by atoms with Crippen molar-refractivity contribution >= 4 is 44.0 Å². The minimum absolute atomic E-state index is 0.112. The highest BCUT2D eigenvalue weighted by atomic mass is 32.2. The van der Waals surface area contributed by atoms with Gasteiger partial charge in [-0.05, 0) is 60.9 Å². The quantitative estimate of drug-likeness (QED) is 0.355. The summed E-state index contributed by atoms with van der Waals surface area (Å²) in [5, 5.41) is 9.37. The van der Waals surface area contributed by atoms with Crippen LogP contribution < -0.4 is 20.3 Å². The van der Waals surface area contributed by atoms with Gasteiger partial charge in [-0.1, -0.05) is 0 Å². The lowest BCUT2D eigenvalue weighted by molar-refractivity contribution is -0.0220. The fourth-order valence-corrected chi connectivity index (χ4v) is 7.08. The van der Waals surface area contributed by atoms with Crippen LogP contribution in [0.5, 0.6) is 0 Å². The number of rotatable bonds is 8. The minimum atomic E-state index is -3.95. The van der Waals surface area contributed by atoms with Crippen LogP contribution in [-0.4, -0.2) is 73.9 Å². The van der Waals surface area contributed by atoms with Crippen LogP contribution in [0.3, 0.4) is 0 Å². The normalized spacial score (nSPS) is 19.7. The second kappa shape index (κ2) is 10.6. The third-order valence-electron chi connectivity index (χ3n) is 8.84. The monoisotopic (exact) mass is 600 g/mol.